The maximum absolute atomic E-state index is 13.4. The fraction of sp³-hybridized carbons (Fsp3) is 0.278. The van der Waals surface area contributed by atoms with Gasteiger partial charge in [0.1, 0.15) is 5.75 Å². The summed E-state index contributed by atoms with van der Waals surface area (Å²) in [6.07, 6.45) is -5.50. The second-order valence-electron chi connectivity index (χ2n) is 5.60. The lowest BCUT2D eigenvalue weighted by molar-refractivity contribution is -0.187. The highest BCUT2D eigenvalue weighted by Crippen LogP contribution is 2.40. The highest BCUT2D eigenvalue weighted by molar-refractivity contribution is 7.09. The molecule has 1 atom stereocenters. The van der Waals surface area contributed by atoms with E-state index in [9.17, 15) is 18.0 Å². The van der Waals surface area contributed by atoms with Crippen molar-refractivity contribution in [3.05, 3.63) is 56.2 Å². The normalized spacial score (nSPS) is 16.5. The number of halogens is 4. The number of hydrogen-bond donors (Lipinski definition) is 0. The Hall–Kier alpha value is -1.99. The summed E-state index contributed by atoms with van der Waals surface area (Å²) in [5.41, 5.74) is 0.379. The minimum absolute atomic E-state index is 0.0336. The van der Waals surface area contributed by atoms with Crippen molar-refractivity contribution >= 4 is 35.0 Å². The van der Waals surface area contributed by atoms with Gasteiger partial charge in [0.25, 0.3) is 0 Å². The van der Waals surface area contributed by atoms with Crippen LogP contribution in [-0.4, -0.2) is 24.9 Å². The molecule has 0 saturated carbocycles. The minimum atomic E-state index is -4.75. The first-order valence-corrected chi connectivity index (χ1v) is 9.02. The molecule has 0 spiro atoms. The van der Waals surface area contributed by atoms with Crippen molar-refractivity contribution in [3.63, 3.8) is 0 Å². The molecule has 0 saturated heterocycles. The number of fused-ring (bicyclic) bond motifs is 1. The zero-order valence-corrected chi connectivity index (χ0v) is 15.2. The molecule has 1 aromatic carbocycles. The highest BCUT2D eigenvalue weighted by Gasteiger charge is 2.48. The summed E-state index contributed by atoms with van der Waals surface area (Å²) in [4.78, 5) is 13.0. The van der Waals surface area contributed by atoms with E-state index in [0.717, 1.165) is 11.0 Å². The van der Waals surface area contributed by atoms with Crippen LogP contribution in [0.1, 0.15) is 22.9 Å². The van der Waals surface area contributed by atoms with Crippen LogP contribution in [0.5, 0.6) is 5.75 Å². The highest BCUT2D eigenvalue weighted by atomic mass is 35.5. The molecule has 138 valence electrons. The van der Waals surface area contributed by atoms with Crippen LogP contribution in [0.3, 0.4) is 0 Å². The fourth-order valence-corrected chi connectivity index (χ4v) is 3.59. The number of benzene rings is 1. The van der Waals surface area contributed by atoms with Crippen molar-refractivity contribution in [2.45, 2.75) is 25.6 Å². The Kier molecular flexibility index (Phi) is 5.29. The van der Waals surface area contributed by atoms with Crippen molar-refractivity contribution in [1.29, 1.82) is 0 Å². The molecule has 8 heteroatoms. The van der Waals surface area contributed by atoms with Gasteiger partial charge in [-0.05, 0) is 42.1 Å². The van der Waals surface area contributed by atoms with Gasteiger partial charge in [0.15, 0.2) is 0 Å². The summed E-state index contributed by atoms with van der Waals surface area (Å²) in [6, 6.07) is 6.80. The molecule has 1 aromatic heterocycles. The van der Waals surface area contributed by atoms with Gasteiger partial charge in [0.2, 0.25) is 6.10 Å². The molecule has 3 rings (SSSR count). The first-order chi connectivity index (χ1) is 12.3. The maximum atomic E-state index is 13.4. The van der Waals surface area contributed by atoms with E-state index in [1.165, 1.54) is 30.4 Å². The lowest BCUT2D eigenvalue weighted by atomic mass is 9.99. The molecule has 0 N–H and O–H groups in total. The molecule has 0 fully saturated rings. The van der Waals surface area contributed by atoms with E-state index in [-0.39, 0.29) is 12.4 Å². The van der Waals surface area contributed by atoms with Crippen molar-refractivity contribution in [2.24, 2.45) is 0 Å². The molecule has 2 heterocycles. The minimum Gasteiger partial charge on any atom is -0.475 e. The van der Waals surface area contributed by atoms with E-state index in [2.05, 4.69) is 0 Å². The van der Waals surface area contributed by atoms with Crippen LogP contribution in [0, 0.1) is 0 Å². The summed E-state index contributed by atoms with van der Waals surface area (Å²) < 4.78 is 50.0. The third-order valence-electron chi connectivity index (χ3n) is 3.77. The first kappa shape index (κ1) is 18.8. The van der Waals surface area contributed by atoms with Crippen molar-refractivity contribution in [2.75, 3.05) is 6.61 Å². The summed E-state index contributed by atoms with van der Waals surface area (Å²) in [5.74, 6) is -1.02. The third-order valence-corrected chi connectivity index (χ3v) is 5.00. The van der Waals surface area contributed by atoms with Gasteiger partial charge in [-0.2, -0.15) is 13.2 Å². The van der Waals surface area contributed by atoms with Crippen molar-refractivity contribution in [3.8, 4) is 5.75 Å². The largest absolute Gasteiger partial charge is 0.475 e. The third kappa shape index (κ3) is 3.88. The van der Waals surface area contributed by atoms with Crippen LogP contribution in [0.15, 0.2) is 35.2 Å². The van der Waals surface area contributed by atoms with Gasteiger partial charge < -0.3 is 9.47 Å². The second-order valence-corrected chi connectivity index (χ2v) is 7.04. The molecule has 1 aliphatic rings. The maximum Gasteiger partial charge on any atom is 0.430 e. The molecule has 0 bridgehead atoms. The molecule has 0 radical (unpaired) electrons. The monoisotopic (exact) mass is 402 g/mol. The van der Waals surface area contributed by atoms with Gasteiger partial charge >= 0.3 is 12.1 Å². The number of carbonyl (C=O) groups is 1. The van der Waals surface area contributed by atoms with Crippen molar-refractivity contribution < 1.29 is 27.4 Å². The molecule has 26 heavy (non-hydrogen) atoms. The number of alkyl halides is 3. The Bertz CT molecular complexity index is 844. The summed E-state index contributed by atoms with van der Waals surface area (Å²) in [7, 11) is 0. The van der Waals surface area contributed by atoms with Crippen LogP contribution < -0.4 is 4.74 Å². The number of carbonyl (C=O) groups excluding carboxylic acids is 1. The van der Waals surface area contributed by atoms with Gasteiger partial charge in [-0.1, -0.05) is 17.7 Å². The molecule has 0 aliphatic carbocycles. The van der Waals surface area contributed by atoms with Crippen LogP contribution in [0.4, 0.5) is 13.2 Å². The Morgan fingerprint density at radius 1 is 1.38 bits per heavy atom. The fourth-order valence-electron chi connectivity index (χ4n) is 2.62. The Labute approximate surface area is 157 Å². The SMILES string of the molecule is CCOC(=O)C1=Cc2cc(Cl)c(Cc3cccs3)cc2OC1C(F)(F)F. The predicted octanol–water partition coefficient (Wildman–Crippen LogP) is 5.26. The van der Waals surface area contributed by atoms with Gasteiger partial charge in [0, 0.05) is 21.9 Å². The van der Waals surface area contributed by atoms with Crippen LogP contribution in [0.2, 0.25) is 5.02 Å². The molecular formula is C18H14ClF3O3S. The molecule has 1 unspecified atom stereocenters. The van der Waals surface area contributed by atoms with E-state index < -0.39 is 23.8 Å². The average Bonchev–Trinajstić information content (AvgIpc) is 3.07. The number of ether oxygens (including phenoxy) is 2. The lowest BCUT2D eigenvalue weighted by Gasteiger charge is -2.28. The van der Waals surface area contributed by atoms with E-state index in [4.69, 9.17) is 21.1 Å². The number of rotatable bonds is 4. The summed E-state index contributed by atoms with van der Waals surface area (Å²) >= 11 is 7.80. The quantitative estimate of drug-likeness (QED) is 0.654. The second kappa shape index (κ2) is 7.32. The van der Waals surface area contributed by atoms with E-state index >= 15 is 0 Å². The average molecular weight is 403 g/mol. The zero-order valence-electron chi connectivity index (χ0n) is 13.6. The van der Waals surface area contributed by atoms with Gasteiger partial charge in [-0.15, -0.1) is 11.3 Å². The first-order valence-electron chi connectivity index (χ1n) is 7.76. The van der Waals surface area contributed by atoms with Crippen LogP contribution >= 0.6 is 22.9 Å². The van der Waals surface area contributed by atoms with Gasteiger partial charge in [-0.3, -0.25) is 0 Å². The summed E-state index contributed by atoms with van der Waals surface area (Å²) in [5, 5.41) is 2.30. The van der Waals surface area contributed by atoms with Crippen LogP contribution in [0.25, 0.3) is 6.08 Å². The number of hydrogen-bond acceptors (Lipinski definition) is 4. The number of thiophene rings is 1. The molecule has 3 nitrogen and oxygen atoms in total. The van der Waals surface area contributed by atoms with Crippen LogP contribution in [-0.2, 0) is 16.0 Å². The van der Waals surface area contributed by atoms with Gasteiger partial charge in [0.05, 0.1) is 12.2 Å². The van der Waals surface area contributed by atoms with E-state index in [1.807, 2.05) is 17.5 Å². The standard InChI is InChI=1S/C18H14ClF3O3S/c1-2-24-17(23)13-7-11-8-14(19)10(6-12-4-3-5-26-12)9-15(11)25-16(13)18(20,21)22/h3-5,7-9,16H,2,6H2,1H3. The topological polar surface area (TPSA) is 35.5 Å². The molecule has 1 aliphatic heterocycles. The summed E-state index contributed by atoms with van der Waals surface area (Å²) in [6.45, 7) is 1.49. The Balaban J connectivity index is 2.01. The molecule has 2 aromatic rings. The molecular weight excluding hydrogens is 389 g/mol. The van der Waals surface area contributed by atoms with Crippen molar-refractivity contribution in [1.82, 2.24) is 0 Å². The zero-order chi connectivity index (χ0) is 18.9. The van der Waals surface area contributed by atoms with Gasteiger partial charge in [-0.25, -0.2) is 4.79 Å². The van der Waals surface area contributed by atoms with E-state index in [0.29, 0.717) is 22.6 Å². The molecule has 0 amide bonds. The Morgan fingerprint density at radius 3 is 2.77 bits per heavy atom. The smallest absolute Gasteiger partial charge is 0.430 e. The van der Waals surface area contributed by atoms with E-state index in [1.54, 1.807) is 0 Å². The lowest BCUT2D eigenvalue weighted by Crippen LogP contribution is -2.40. The predicted molar refractivity (Wildman–Crippen MR) is 93.7 cm³/mol. The number of esters is 1. The Morgan fingerprint density at radius 2 is 2.15 bits per heavy atom.